The first-order valence-electron chi connectivity index (χ1n) is 6.88. The fourth-order valence-corrected chi connectivity index (χ4v) is 1.02. The Morgan fingerprint density at radius 1 is 0.593 bits per heavy atom. The van der Waals surface area contributed by atoms with Gasteiger partial charge in [0.05, 0.1) is 5.52 Å². The van der Waals surface area contributed by atoms with Crippen LogP contribution in [0.1, 0.15) is 0 Å². The van der Waals surface area contributed by atoms with E-state index in [2.05, 4.69) is 18.1 Å². The summed E-state index contributed by atoms with van der Waals surface area (Å²) in [5.74, 6) is 0. The molecule has 0 fully saturated rings. The van der Waals surface area contributed by atoms with E-state index in [1.807, 2.05) is 30.5 Å². The van der Waals surface area contributed by atoms with Crippen LogP contribution in [0.15, 0.2) is 42.6 Å². The van der Waals surface area contributed by atoms with Crippen molar-refractivity contribution in [2.24, 2.45) is 0 Å². The minimum atomic E-state index is -6.00. The Balaban J connectivity index is -0.000000296. The van der Waals surface area contributed by atoms with E-state index >= 15 is 0 Å². The summed E-state index contributed by atoms with van der Waals surface area (Å²) in [6.07, 6.45) is 1.81. The van der Waals surface area contributed by atoms with Crippen molar-refractivity contribution < 1.29 is 51.8 Å². The van der Waals surface area contributed by atoms with Crippen molar-refractivity contribution in [3.05, 3.63) is 42.6 Å². The van der Waals surface area contributed by atoms with Crippen molar-refractivity contribution in [2.45, 2.75) is 1.02 Å². The van der Waals surface area contributed by atoms with Crippen LogP contribution >= 0.6 is 0 Å². The van der Waals surface area contributed by atoms with Crippen molar-refractivity contribution >= 4 is 81.6 Å². The van der Waals surface area contributed by atoms with Gasteiger partial charge in [-0.15, -0.1) is 0 Å². The largest absolute Gasteiger partial charge is 0.256 e. The second kappa shape index (κ2) is 15.5. The van der Waals surface area contributed by atoms with E-state index in [4.69, 9.17) is 0 Å². The molecule has 0 radical (unpaired) electrons. The van der Waals surface area contributed by atoms with Crippen LogP contribution in [0.25, 0.3) is 10.9 Å². The molecule has 0 saturated heterocycles. The number of hydrogen-bond donors (Lipinski definition) is 0. The second-order valence-corrected chi connectivity index (χ2v) is 3.68. The van der Waals surface area contributed by atoms with Crippen LogP contribution in [0.5, 0.6) is 0 Å². The molecule has 152 valence electrons. The average molecular weight is 444 g/mol. The topological polar surface area (TPSA) is 12.9 Å². The molecular weight excluding hydrogens is 434 g/mol. The number of benzene rings is 1. The van der Waals surface area contributed by atoms with Crippen LogP contribution in [-0.4, -0.2) is 75.7 Å². The number of rotatable bonds is 0. The Morgan fingerprint density at radius 3 is 1.22 bits per heavy atom. The summed E-state index contributed by atoms with van der Waals surface area (Å²) < 4.78 is 119. The van der Waals surface area contributed by atoms with Crippen molar-refractivity contribution in [2.75, 3.05) is 0 Å². The Morgan fingerprint density at radius 2 is 0.889 bits per heavy atom. The predicted molar refractivity (Wildman–Crippen MR) is 83.9 cm³/mol. The zero-order chi connectivity index (χ0) is 22.3. The van der Waals surface area contributed by atoms with Gasteiger partial charge < -0.3 is 51.8 Å². The molecule has 0 bridgehead atoms. The smallest absolute Gasteiger partial charge is 0.0701 e. The first kappa shape index (κ1) is 31.3. The molecule has 2 rings (SSSR count). The number of nitrogens with zero attached hydrogens (tertiary/aromatic N) is 1. The summed E-state index contributed by atoms with van der Waals surface area (Å²) in [6.45, 7) is 0. The summed E-state index contributed by atoms with van der Waals surface area (Å²) in [6, 6.07) is 12.1. The van der Waals surface area contributed by atoms with E-state index < -0.39 is 21.8 Å². The Labute approximate surface area is 180 Å². The second-order valence-electron chi connectivity index (χ2n) is 3.68. The molecule has 27 heavy (non-hydrogen) atoms. The molecule has 17 heteroatoms. The normalized spacial score (nSPS) is 10.6. The third-order valence-electron chi connectivity index (χ3n) is 1.51. The summed E-state index contributed by atoms with van der Waals surface area (Å²) in [5.41, 5.74) is 1.06. The van der Waals surface area contributed by atoms with Gasteiger partial charge in [-0.2, -0.15) is 0 Å². The number of fused-ring (bicyclic) bond motifs is 1. The van der Waals surface area contributed by atoms with Gasteiger partial charge in [0.25, 0.3) is 0 Å². The van der Waals surface area contributed by atoms with E-state index in [1.165, 1.54) is 5.39 Å². The van der Waals surface area contributed by atoms with E-state index in [-0.39, 0.29) is 0 Å². The molecule has 0 amide bonds. The maximum atomic E-state index is 9.75. The number of hydrogen-bond acceptors (Lipinski definition) is 1. The standard InChI is InChI=1S/C9H7N.CH3.3BF4.K/c1-2-6-9-8(4-1)5-3-7-10-9;;3*2-1(3,4)5;/h1-7H;1H3;;;;/q;;3*-1;. The summed E-state index contributed by atoms with van der Waals surface area (Å²) in [7, 11) is -18.0. The molecule has 0 aliphatic heterocycles. The van der Waals surface area contributed by atoms with Gasteiger partial charge in [0.15, 0.2) is 0 Å². The summed E-state index contributed by atoms with van der Waals surface area (Å²) >= 11 is 1.06. The monoisotopic (exact) mass is 444 g/mol. The van der Waals surface area contributed by atoms with Gasteiger partial charge in [-0.1, -0.05) is 24.3 Å². The van der Waals surface area contributed by atoms with Crippen molar-refractivity contribution in [1.82, 2.24) is 4.98 Å². The van der Waals surface area contributed by atoms with E-state index in [1.54, 1.807) is 0 Å². The molecule has 2 aromatic rings. The van der Waals surface area contributed by atoms with Crippen LogP contribution in [0.3, 0.4) is 0 Å². The fourth-order valence-electron chi connectivity index (χ4n) is 1.02. The molecular formula is C10H10B3F12KN-3. The van der Waals surface area contributed by atoms with Crippen LogP contribution in [0, 0.1) is 0 Å². The van der Waals surface area contributed by atoms with Gasteiger partial charge >= 0.3 is 71.7 Å². The van der Waals surface area contributed by atoms with Gasteiger partial charge in [0.2, 0.25) is 0 Å². The molecule has 0 saturated carbocycles. The van der Waals surface area contributed by atoms with Crippen LogP contribution in [0.2, 0.25) is 1.02 Å². The number of halogens is 12. The van der Waals surface area contributed by atoms with E-state index in [9.17, 15) is 51.8 Å². The minimum Gasteiger partial charge on any atom is -0.256 e. The molecule has 1 nitrogen and oxygen atoms in total. The van der Waals surface area contributed by atoms with Gasteiger partial charge in [-0.3, -0.25) is 4.98 Å². The van der Waals surface area contributed by atoms with Crippen LogP contribution in [0.4, 0.5) is 51.8 Å². The van der Waals surface area contributed by atoms with Crippen LogP contribution in [-0.2, 0) is 0 Å². The van der Waals surface area contributed by atoms with Gasteiger partial charge in [0, 0.05) is 11.6 Å². The van der Waals surface area contributed by atoms with Crippen molar-refractivity contribution in [3.63, 3.8) is 0 Å². The van der Waals surface area contributed by atoms with Crippen molar-refractivity contribution in [3.8, 4) is 0 Å². The molecule has 0 spiro atoms. The fraction of sp³-hybridized carbons (Fsp3) is 0.100. The summed E-state index contributed by atoms with van der Waals surface area (Å²) in [5, 5.41) is 1.20. The van der Waals surface area contributed by atoms with Gasteiger partial charge in [-0.25, -0.2) is 0 Å². The molecule has 0 aliphatic rings. The molecule has 1 aromatic heterocycles. The quantitative estimate of drug-likeness (QED) is 0.342. The first-order valence-corrected chi connectivity index (χ1v) is 10.0. The average Bonchev–Trinajstić information content (AvgIpc) is 2.44. The predicted octanol–water partition coefficient (Wildman–Crippen LogP) is 6.34. The van der Waals surface area contributed by atoms with Gasteiger partial charge in [0.1, 0.15) is 0 Å². The Kier molecular flexibility index (Phi) is 18.0. The third kappa shape index (κ3) is 46.0. The maximum Gasteiger partial charge on any atom is 0.0701 e. The molecule has 0 aliphatic carbocycles. The van der Waals surface area contributed by atoms with E-state index in [0.29, 0.717) is 0 Å². The minimum absolute atomic E-state index is 1.06. The molecule has 1 heterocycles. The Bertz CT molecular complexity index is 492. The molecule has 1 aromatic carbocycles. The zero-order valence-corrected chi connectivity index (χ0v) is 16.9. The SMILES string of the molecule is F[B-](F)(F)F.F[B-](F)(F)F.F[B-](F)(F)F.[CH3][K].c1ccc2ncccc2c1. The molecule has 0 unspecified atom stereocenters. The number of aromatic nitrogens is 1. The van der Waals surface area contributed by atoms with Crippen LogP contribution < -0.4 is 0 Å². The third-order valence-corrected chi connectivity index (χ3v) is 1.51. The Hall–Kier alpha value is -0.379. The summed E-state index contributed by atoms with van der Waals surface area (Å²) in [4.78, 5) is 4.18. The number of para-hydroxylation sites is 1. The zero-order valence-electron chi connectivity index (χ0n) is 13.8. The van der Waals surface area contributed by atoms with Crippen molar-refractivity contribution in [1.29, 1.82) is 0 Å². The molecule has 0 atom stereocenters. The first-order chi connectivity index (χ1) is 12.0. The number of pyridine rings is 1. The van der Waals surface area contributed by atoms with E-state index in [0.717, 1.165) is 54.5 Å². The molecule has 0 N–H and O–H groups in total. The maximum absolute atomic E-state index is 9.75. The van der Waals surface area contributed by atoms with Gasteiger partial charge in [-0.05, 0) is 12.1 Å².